The second kappa shape index (κ2) is 8.87. The van der Waals surface area contributed by atoms with E-state index < -0.39 is 27.0 Å². The first-order valence-electron chi connectivity index (χ1n) is 10.2. The average molecular weight is 428 g/mol. The molecule has 8 nitrogen and oxygen atoms in total. The lowest BCUT2D eigenvalue weighted by atomic mass is 9.80. The molecule has 0 bridgehead atoms. The summed E-state index contributed by atoms with van der Waals surface area (Å²) in [6.45, 7) is 10.1. The molecule has 0 unspecified atom stereocenters. The Morgan fingerprint density at radius 1 is 1.10 bits per heavy atom. The summed E-state index contributed by atoms with van der Waals surface area (Å²) in [6.07, 6.45) is 3.84. The van der Waals surface area contributed by atoms with Crippen LogP contribution in [0.4, 0.5) is 0 Å². The number of amides is 2. The number of carbonyl (C=O) groups is 2. The van der Waals surface area contributed by atoms with Crippen LogP contribution in [0.1, 0.15) is 77.3 Å². The van der Waals surface area contributed by atoms with Gasteiger partial charge in [0.2, 0.25) is 11.0 Å². The van der Waals surface area contributed by atoms with Gasteiger partial charge in [0.25, 0.3) is 15.9 Å². The minimum atomic E-state index is -3.89. The smallest absolute Gasteiger partial charge is 0.287 e. The minimum Gasteiger partial charge on any atom is -0.438 e. The first-order chi connectivity index (χ1) is 13.4. The molecule has 2 amide bonds. The molecule has 2 rings (SSSR count). The van der Waals surface area contributed by atoms with Gasteiger partial charge in [-0.3, -0.25) is 9.59 Å². The monoisotopic (exact) mass is 427 g/mol. The van der Waals surface area contributed by atoms with Gasteiger partial charge in [0.05, 0.1) is 0 Å². The number of furan rings is 1. The van der Waals surface area contributed by atoms with Crippen LogP contribution in [0.5, 0.6) is 0 Å². The van der Waals surface area contributed by atoms with Gasteiger partial charge in [-0.1, -0.05) is 19.3 Å². The first kappa shape index (κ1) is 23.4. The summed E-state index contributed by atoms with van der Waals surface area (Å²) in [5.74, 6) is -0.800. The van der Waals surface area contributed by atoms with E-state index in [1.807, 2.05) is 13.8 Å². The van der Waals surface area contributed by atoms with E-state index in [1.165, 1.54) is 12.1 Å². The van der Waals surface area contributed by atoms with Crippen molar-refractivity contribution >= 4 is 21.8 Å². The topological polar surface area (TPSA) is 109 Å². The van der Waals surface area contributed by atoms with Gasteiger partial charge >= 0.3 is 0 Å². The molecule has 0 spiro atoms. The summed E-state index contributed by atoms with van der Waals surface area (Å²) >= 11 is 0. The number of hydrogen-bond acceptors (Lipinski definition) is 5. The number of likely N-dealkylation sites (N-methyl/N-ethyl adjacent to an activating group) is 1. The van der Waals surface area contributed by atoms with E-state index in [0.717, 1.165) is 19.3 Å². The van der Waals surface area contributed by atoms with Crippen LogP contribution in [0.25, 0.3) is 0 Å². The molecule has 164 valence electrons. The minimum absolute atomic E-state index is 0.0932. The second-order valence-corrected chi connectivity index (χ2v) is 10.2. The Balaban J connectivity index is 2.25. The number of sulfonamides is 1. The van der Waals surface area contributed by atoms with Gasteiger partial charge in [0, 0.05) is 18.6 Å². The van der Waals surface area contributed by atoms with Crippen LogP contribution < -0.4 is 10.0 Å². The zero-order chi connectivity index (χ0) is 21.9. The molecule has 1 saturated carbocycles. The predicted molar refractivity (Wildman–Crippen MR) is 110 cm³/mol. The zero-order valence-electron chi connectivity index (χ0n) is 18.0. The highest BCUT2D eigenvalue weighted by Gasteiger charge is 2.43. The lowest BCUT2D eigenvalue weighted by Gasteiger charge is -2.39. The number of nitrogens with zero attached hydrogens (tertiary/aromatic N) is 1. The SMILES string of the molecule is CCN(CC)C(=O)C1(NC(=O)c2ccc(S(=O)(=O)NC(C)(C)C)o2)CCCCC1. The van der Waals surface area contributed by atoms with Gasteiger partial charge in [-0.15, -0.1) is 0 Å². The van der Waals surface area contributed by atoms with Gasteiger partial charge in [-0.05, 0) is 59.6 Å². The maximum Gasteiger partial charge on any atom is 0.287 e. The Morgan fingerprint density at radius 3 is 2.21 bits per heavy atom. The lowest BCUT2D eigenvalue weighted by Crippen LogP contribution is -2.60. The van der Waals surface area contributed by atoms with E-state index in [1.54, 1.807) is 25.7 Å². The van der Waals surface area contributed by atoms with E-state index in [0.29, 0.717) is 25.9 Å². The summed E-state index contributed by atoms with van der Waals surface area (Å²) in [4.78, 5) is 27.7. The van der Waals surface area contributed by atoms with Crippen LogP contribution in [0.3, 0.4) is 0 Å². The van der Waals surface area contributed by atoms with Crippen molar-refractivity contribution in [1.29, 1.82) is 0 Å². The highest BCUT2D eigenvalue weighted by atomic mass is 32.2. The number of nitrogens with one attached hydrogen (secondary N) is 2. The Kier molecular flexibility index (Phi) is 7.16. The van der Waals surface area contributed by atoms with E-state index in [-0.39, 0.29) is 16.8 Å². The molecule has 0 saturated heterocycles. The fraction of sp³-hybridized carbons (Fsp3) is 0.700. The van der Waals surface area contributed by atoms with Crippen molar-refractivity contribution < 1.29 is 22.4 Å². The highest BCUT2D eigenvalue weighted by Crippen LogP contribution is 2.31. The van der Waals surface area contributed by atoms with Crippen molar-refractivity contribution in [3.8, 4) is 0 Å². The second-order valence-electron chi connectivity index (χ2n) is 8.55. The fourth-order valence-corrected chi connectivity index (χ4v) is 5.03. The van der Waals surface area contributed by atoms with Gasteiger partial charge < -0.3 is 14.6 Å². The van der Waals surface area contributed by atoms with Crippen LogP contribution in [-0.2, 0) is 14.8 Å². The molecule has 0 aliphatic heterocycles. The molecular formula is C20H33N3O5S. The van der Waals surface area contributed by atoms with Gasteiger partial charge in [0.15, 0.2) is 5.76 Å². The standard InChI is InChI=1S/C20H33N3O5S/c1-6-23(7-2)18(25)20(13-9-8-10-14-20)21-17(24)15-11-12-16(28-15)29(26,27)22-19(3,4)5/h11-12,22H,6-10,13-14H2,1-5H3,(H,21,24). The highest BCUT2D eigenvalue weighted by molar-refractivity contribution is 7.89. The van der Waals surface area contributed by atoms with Crippen LogP contribution in [0.15, 0.2) is 21.6 Å². The summed E-state index contributed by atoms with van der Waals surface area (Å²) in [7, 11) is -3.89. The van der Waals surface area contributed by atoms with Crippen molar-refractivity contribution in [2.45, 2.75) is 82.9 Å². The Bertz CT molecular complexity index is 829. The summed E-state index contributed by atoms with van der Waals surface area (Å²) in [5.41, 5.74) is -1.66. The Hall–Kier alpha value is -1.87. The Morgan fingerprint density at radius 2 is 1.69 bits per heavy atom. The molecule has 1 heterocycles. The molecule has 29 heavy (non-hydrogen) atoms. The van der Waals surface area contributed by atoms with Crippen LogP contribution in [0.2, 0.25) is 0 Å². The fourth-order valence-electron chi connectivity index (χ4n) is 3.68. The molecule has 1 aromatic heterocycles. The van der Waals surface area contributed by atoms with Crippen LogP contribution in [0, 0.1) is 0 Å². The van der Waals surface area contributed by atoms with Gasteiger partial charge in [-0.2, -0.15) is 0 Å². The largest absolute Gasteiger partial charge is 0.438 e. The molecular weight excluding hydrogens is 394 g/mol. The molecule has 9 heteroatoms. The summed E-state index contributed by atoms with van der Waals surface area (Å²) in [5, 5.41) is 2.54. The van der Waals surface area contributed by atoms with E-state index in [4.69, 9.17) is 4.42 Å². The molecule has 1 fully saturated rings. The van der Waals surface area contributed by atoms with Crippen molar-refractivity contribution in [3.05, 3.63) is 17.9 Å². The predicted octanol–water partition coefficient (Wildman–Crippen LogP) is 2.66. The third-order valence-electron chi connectivity index (χ3n) is 5.03. The van der Waals surface area contributed by atoms with Crippen LogP contribution in [-0.4, -0.2) is 49.3 Å². The number of hydrogen-bond donors (Lipinski definition) is 2. The maximum absolute atomic E-state index is 13.1. The van der Waals surface area contributed by atoms with E-state index in [9.17, 15) is 18.0 Å². The average Bonchev–Trinajstić information content (AvgIpc) is 3.13. The summed E-state index contributed by atoms with van der Waals surface area (Å²) < 4.78 is 32.7. The quantitative estimate of drug-likeness (QED) is 0.695. The lowest BCUT2D eigenvalue weighted by molar-refractivity contribution is -0.139. The maximum atomic E-state index is 13.1. The molecule has 0 atom stereocenters. The van der Waals surface area contributed by atoms with Gasteiger partial charge in [0.1, 0.15) is 5.54 Å². The molecule has 0 aromatic carbocycles. The van der Waals surface area contributed by atoms with Crippen molar-refractivity contribution in [3.63, 3.8) is 0 Å². The van der Waals surface area contributed by atoms with Crippen molar-refractivity contribution in [2.75, 3.05) is 13.1 Å². The van der Waals surface area contributed by atoms with Crippen LogP contribution >= 0.6 is 0 Å². The van der Waals surface area contributed by atoms with Gasteiger partial charge in [-0.25, -0.2) is 13.1 Å². The summed E-state index contributed by atoms with van der Waals surface area (Å²) in [6, 6.07) is 2.58. The molecule has 1 aliphatic rings. The van der Waals surface area contributed by atoms with Crippen molar-refractivity contribution in [1.82, 2.24) is 14.9 Å². The molecule has 1 aliphatic carbocycles. The first-order valence-corrected chi connectivity index (χ1v) is 11.7. The number of rotatable bonds is 7. The number of carbonyl (C=O) groups excluding carboxylic acids is 2. The third-order valence-corrected chi connectivity index (χ3v) is 6.66. The zero-order valence-corrected chi connectivity index (χ0v) is 18.8. The molecule has 2 N–H and O–H groups in total. The van der Waals surface area contributed by atoms with E-state index >= 15 is 0 Å². The third kappa shape index (κ3) is 5.60. The normalized spacial score (nSPS) is 17.0. The molecule has 0 radical (unpaired) electrons. The van der Waals surface area contributed by atoms with E-state index in [2.05, 4.69) is 10.0 Å². The molecule has 1 aromatic rings. The Labute approximate surface area is 173 Å². The van der Waals surface area contributed by atoms with Crippen molar-refractivity contribution in [2.24, 2.45) is 0 Å².